The quantitative estimate of drug-likeness (QED) is 0.243. The number of rotatable bonds is 12. The zero-order chi connectivity index (χ0) is 28.6. The van der Waals surface area contributed by atoms with Gasteiger partial charge in [0.15, 0.2) is 5.83 Å². The molecule has 40 heavy (non-hydrogen) atoms. The van der Waals surface area contributed by atoms with E-state index in [2.05, 4.69) is 25.5 Å². The lowest BCUT2D eigenvalue weighted by Crippen LogP contribution is -2.20. The van der Waals surface area contributed by atoms with E-state index in [9.17, 15) is 13.6 Å². The van der Waals surface area contributed by atoms with E-state index < -0.39 is 12.0 Å². The van der Waals surface area contributed by atoms with Crippen LogP contribution in [0.5, 0.6) is 5.75 Å². The number of halogens is 3. The minimum atomic E-state index is -0.763. The Bertz CT molecular complexity index is 1460. The van der Waals surface area contributed by atoms with Gasteiger partial charge in [-0.1, -0.05) is 29.8 Å². The average molecular weight is 569 g/mol. The summed E-state index contributed by atoms with van der Waals surface area (Å²) in [6, 6.07) is 8.91. The molecule has 4 rings (SSSR count). The second kappa shape index (κ2) is 13.5. The summed E-state index contributed by atoms with van der Waals surface area (Å²) >= 11 is 6.53. The Kier molecular flexibility index (Phi) is 9.79. The molecule has 0 radical (unpaired) electrons. The molecule has 1 saturated heterocycles. The summed E-state index contributed by atoms with van der Waals surface area (Å²) in [7, 11) is 1.60. The van der Waals surface area contributed by atoms with Crippen LogP contribution in [0.2, 0.25) is 5.02 Å². The first kappa shape index (κ1) is 29.1. The molecule has 1 aromatic heterocycles. The minimum absolute atomic E-state index is 0.00533. The fourth-order valence-corrected chi connectivity index (χ4v) is 4.60. The van der Waals surface area contributed by atoms with E-state index in [0.717, 1.165) is 23.7 Å². The Morgan fingerprint density at radius 2 is 2.12 bits per heavy atom. The van der Waals surface area contributed by atoms with Crippen LogP contribution in [0.25, 0.3) is 17.0 Å². The summed E-state index contributed by atoms with van der Waals surface area (Å²) in [6.45, 7) is 3.22. The number of benzene rings is 2. The molecular formula is C29H31ClF2N6O2. The van der Waals surface area contributed by atoms with Crippen LogP contribution in [0.3, 0.4) is 0 Å². The van der Waals surface area contributed by atoms with Gasteiger partial charge in [-0.25, -0.2) is 18.7 Å². The molecule has 3 aromatic rings. The second-order valence-corrected chi connectivity index (χ2v) is 9.96. The average Bonchev–Trinajstić information content (AvgIpc) is 3.34. The molecule has 0 spiro atoms. The molecule has 1 fully saturated rings. The molecule has 1 atom stereocenters. The van der Waals surface area contributed by atoms with Gasteiger partial charge in [0.25, 0.3) is 0 Å². The van der Waals surface area contributed by atoms with E-state index in [0.29, 0.717) is 52.9 Å². The maximum Gasteiger partial charge on any atom is 0.159 e. The number of ketones is 1. The van der Waals surface area contributed by atoms with E-state index in [1.165, 1.54) is 13.3 Å². The molecule has 1 unspecified atom stereocenters. The van der Waals surface area contributed by atoms with Gasteiger partial charge >= 0.3 is 0 Å². The number of likely N-dealkylation sites (tertiary alicyclic amines) is 1. The highest BCUT2D eigenvalue weighted by molar-refractivity contribution is 6.33. The van der Waals surface area contributed by atoms with Gasteiger partial charge in [0, 0.05) is 49.3 Å². The van der Waals surface area contributed by atoms with Crippen molar-refractivity contribution in [3.8, 4) is 5.75 Å². The highest BCUT2D eigenvalue weighted by atomic mass is 35.5. The number of fused-ring (bicyclic) bond motifs is 1. The van der Waals surface area contributed by atoms with Gasteiger partial charge in [-0.3, -0.25) is 9.69 Å². The molecule has 210 valence electrons. The zero-order valence-electron chi connectivity index (χ0n) is 22.3. The van der Waals surface area contributed by atoms with Crippen LogP contribution in [0.15, 0.2) is 54.8 Å². The molecule has 2 heterocycles. The van der Waals surface area contributed by atoms with E-state index in [1.54, 1.807) is 25.3 Å². The number of carbonyl (C=O) groups excluding carboxylic acids is 1. The number of methoxy groups -OCH3 is 1. The number of alkyl halides is 1. The molecular weight excluding hydrogens is 538 g/mol. The number of anilines is 2. The van der Waals surface area contributed by atoms with Crippen LogP contribution in [-0.2, 0) is 11.2 Å². The number of ether oxygens (including phenoxy) is 1. The molecule has 0 bridgehead atoms. The lowest BCUT2D eigenvalue weighted by atomic mass is 10.1. The normalized spacial score (nSPS) is 16.0. The number of carbonyl (C=O) groups is 1. The first-order valence-electron chi connectivity index (χ1n) is 12.8. The summed E-state index contributed by atoms with van der Waals surface area (Å²) in [5, 5.41) is 14.9. The van der Waals surface area contributed by atoms with Crippen LogP contribution >= 0.6 is 11.6 Å². The van der Waals surface area contributed by atoms with Gasteiger partial charge in [-0.2, -0.15) is 0 Å². The van der Waals surface area contributed by atoms with Crippen molar-refractivity contribution in [1.29, 1.82) is 5.41 Å². The molecule has 1 aliphatic heterocycles. The third kappa shape index (κ3) is 7.61. The van der Waals surface area contributed by atoms with Gasteiger partial charge < -0.3 is 20.8 Å². The number of nitrogens with zero attached hydrogens (tertiary/aromatic N) is 3. The Balaban J connectivity index is 1.50. The molecule has 0 aliphatic carbocycles. The van der Waals surface area contributed by atoms with Crippen molar-refractivity contribution in [2.24, 2.45) is 0 Å². The van der Waals surface area contributed by atoms with Crippen molar-refractivity contribution in [2.75, 3.05) is 38.6 Å². The van der Waals surface area contributed by atoms with E-state index in [-0.39, 0.29) is 24.5 Å². The van der Waals surface area contributed by atoms with E-state index >= 15 is 0 Å². The Hall–Kier alpha value is -3.89. The largest absolute Gasteiger partial charge is 0.496 e. The maximum atomic E-state index is 14.2. The number of hydrogen-bond donors (Lipinski definition) is 3. The maximum absolute atomic E-state index is 14.2. The third-order valence-electron chi connectivity index (χ3n) is 6.40. The van der Waals surface area contributed by atoms with E-state index in [1.807, 2.05) is 24.3 Å². The lowest BCUT2D eigenvalue weighted by Gasteiger charge is -2.14. The molecule has 11 heteroatoms. The molecule has 0 saturated carbocycles. The van der Waals surface area contributed by atoms with Crippen molar-refractivity contribution in [3.63, 3.8) is 0 Å². The SMILES string of the molecule is COc1cc2ncnc(Nc3ccc(CC(=N)/C(F)=C\NCC(C)=O)cc3Cl)c2cc1/C=C/CN1CCC(F)C1. The van der Waals surface area contributed by atoms with Gasteiger partial charge in [0.2, 0.25) is 0 Å². The first-order valence-corrected chi connectivity index (χ1v) is 13.2. The highest BCUT2D eigenvalue weighted by Gasteiger charge is 2.20. The van der Waals surface area contributed by atoms with Gasteiger partial charge in [0.1, 0.15) is 29.8 Å². The molecule has 3 N–H and O–H groups in total. The predicted octanol–water partition coefficient (Wildman–Crippen LogP) is 5.64. The summed E-state index contributed by atoms with van der Waals surface area (Å²) in [6.07, 6.45) is 6.23. The van der Waals surface area contributed by atoms with Gasteiger partial charge in [0.05, 0.1) is 35.6 Å². The summed E-state index contributed by atoms with van der Waals surface area (Å²) in [4.78, 5) is 21.8. The monoisotopic (exact) mass is 568 g/mol. The van der Waals surface area contributed by atoms with Crippen LogP contribution in [-0.4, -0.2) is 65.8 Å². The fraction of sp³-hybridized carbons (Fsp3) is 0.310. The number of allylic oxidation sites excluding steroid dienone is 1. The van der Waals surface area contributed by atoms with Crippen molar-refractivity contribution in [2.45, 2.75) is 25.9 Å². The second-order valence-electron chi connectivity index (χ2n) is 9.55. The van der Waals surface area contributed by atoms with Crippen molar-refractivity contribution < 1.29 is 18.3 Å². The molecule has 1 aliphatic rings. The summed E-state index contributed by atoms with van der Waals surface area (Å²) < 4.78 is 33.2. The minimum Gasteiger partial charge on any atom is -0.496 e. The molecule has 0 amide bonds. The number of nitrogens with one attached hydrogen (secondary N) is 3. The van der Waals surface area contributed by atoms with Gasteiger partial charge in [-0.15, -0.1) is 0 Å². The van der Waals surface area contributed by atoms with Crippen molar-refractivity contribution in [3.05, 3.63) is 70.9 Å². The summed E-state index contributed by atoms with van der Waals surface area (Å²) in [5.41, 5.74) is 2.50. The standard InChI is InChI=1S/C29H31ClF2N6O2/c1-18(39)14-34-15-24(32)25(33)11-19-5-6-26(23(30)10-19)37-29-22-12-20(4-3-8-38-9-7-21(31)16-38)28(40-2)13-27(22)35-17-36-29/h3-6,10,12-13,15,17,21,33-34H,7-9,11,14,16H2,1-2H3,(H,35,36,37)/b4-3+,24-15+,33-25?. The first-order chi connectivity index (χ1) is 19.2. The molecule has 8 nitrogen and oxygen atoms in total. The van der Waals surface area contributed by atoms with Crippen molar-refractivity contribution >= 4 is 51.6 Å². The Labute approximate surface area is 236 Å². The number of aromatic nitrogens is 2. The van der Waals surface area contributed by atoms with Gasteiger partial charge in [-0.05, 0) is 37.1 Å². The van der Waals surface area contributed by atoms with Crippen LogP contribution < -0.4 is 15.4 Å². The van der Waals surface area contributed by atoms with Crippen LogP contribution in [0.1, 0.15) is 24.5 Å². The Morgan fingerprint density at radius 1 is 1.30 bits per heavy atom. The van der Waals surface area contributed by atoms with Crippen LogP contribution in [0.4, 0.5) is 20.3 Å². The topological polar surface area (TPSA) is 103 Å². The Morgan fingerprint density at radius 3 is 2.83 bits per heavy atom. The van der Waals surface area contributed by atoms with Crippen LogP contribution in [0, 0.1) is 5.41 Å². The zero-order valence-corrected chi connectivity index (χ0v) is 23.1. The lowest BCUT2D eigenvalue weighted by molar-refractivity contribution is -0.116. The fourth-order valence-electron chi connectivity index (χ4n) is 4.34. The third-order valence-corrected chi connectivity index (χ3v) is 6.71. The smallest absolute Gasteiger partial charge is 0.159 e. The highest BCUT2D eigenvalue weighted by Crippen LogP contribution is 2.33. The number of hydrogen-bond acceptors (Lipinski definition) is 8. The summed E-state index contributed by atoms with van der Waals surface area (Å²) in [5.74, 6) is 0.305. The van der Waals surface area contributed by atoms with E-state index in [4.69, 9.17) is 21.7 Å². The molecule has 2 aromatic carbocycles. The van der Waals surface area contributed by atoms with Crippen molar-refractivity contribution in [1.82, 2.24) is 20.2 Å². The predicted molar refractivity (Wildman–Crippen MR) is 155 cm³/mol. The number of Topliss-reactive ketones (excluding diaryl/α,β-unsaturated/α-hetero) is 1.